The molecule has 0 aliphatic carbocycles. The third kappa shape index (κ3) is 3.73. The van der Waals surface area contributed by atoms with Gasteiger partial charge in [-0.2, -0.15) is 26.3 Å². The van der Waals surface area contributed by atoms with E-state index in [4.69, 9.17) is 5.73 Å². The fourth-order valence-electron chi connectivity index (χ4n) is 3.32. The van der Waals surface area contributed by atoms with Gasteiger partial charge in [0.15, 0.2) is 0 Å². The van der Waals surface area contributed by atoms with Crippen molar-refractivity contribution in [3.05, 3.63) is 59.8 Å². The highest BCUT2D eigenvalue weighted by molar-refractivity contribution is 5.89. The largest absolute Gasteiger partial charge is 0.417 e. The standard InChI is InChI=1S/C20H18F6N2/c1-2-9-28-11-15(18(27)20(24,25)26)14-8-7-12(10-17(14)28)13-5-3-4-6-16(13)19(21,22)23/h3-8,10-11,18H,2,9,27H2,1H3/t18-/m0/s1. The summed E-state index contributed by atoms with van der Waals surface area (Å²) in [4.78, 5) is 0. The number of rotatable bonds is 4. The molecule has 1 heterocycles. The summed E-state index contributed by atoms with van der Waals surface area (Å²) in [5.41, 5.74) is 5.18. The zero-order valence-corrected chi connectivity index (χ0v) is 14.9. The Hall–Kier alpha value is -2.48. The topological polar surface area (TPSA) is 30.9 Å². The van der Waals surface area contributed by atoms with Crippen molar-refractivity contribution in [3.8, 4) is 11.1 Å². The molecule has 0 aliphatic heterocycles. The number of fused-ring (bicyclic) bond motifs is 1. The Morgan fingerprint density at radius 1 is 1.00 bits per heavy atom. The highest BCUT2D eigenvalue weighted by Gasteiger charge is 2.39. The summed E-state index contributed by atoms with van der Waals surface area (Å²) >= 11 is 0. The van der Waals surface area contributed by atoms with Crippen LogP contribution in [0, 0.1) is 0 Å². The van der Waals surface area contributed by atoms with Crippen LogP contribution in [0.2, 0.25) is 0 Å². The van der Waals surface area contributed by atoms with Crippen LogP contribution in [-0.4, -0.2) is 10.7 Å². The Bertz CT molecular complexity index is 985. The second-order valence-corrected chi connectivity index (χ2v) is 6.57. The molecule has 0 saturated carbocycles. The van der Waals surface area contributed by atoms with Crippen molar-refractivity contribution >= 4 is 10.9 Å². The summed E-state index contributed by atoms with van der Waals surface area (Å²) in [6.07, 6.45) is -7.17. The molecule has 1 atom stereocenters. The summed E-state index contributed by atoms with van der Waals surface area (Å²) in [6.45, 7) is 2.28. The normalized spacial score (nSPS) is 13.9. The molecule has 0 unspecified atom stereocenters. The number of hydrogen-bond acceptors (Lipinski definition) is 1. The number of benzene rings is 2. The predicted molar refractivity (Wildman–Crippen MR) is 95.7 cm³/mol. The Labute approximate surface area is 157 Å². The van der Waals surface area contributed by atoms with Gasteiger partial charge < -0.3 is 10.3 Å². The minimum Gasteiger partial charge on any atom is -0.347 e. The van der Waals surface area contributed by atoms with Crippen LogP contribution < -0.4 is 5.73 Å². The van der Waals surface area contributed by atoms with Crippen LogP contribution in [0.1, 0.15) is 30.5 Å². The van der Waals surface area contributed by atoms with Gasteiger partial charge in [0.25, 0.3) is 0 Å². The first-order valence-corrected chi connectivity index (χ1v) is 8.65. The smallest absolute Gasteiger partial charge is 0.347 e. The summed E-state index contributed by atoms with van der Waals surface area (Å²) < 4.78 is 81.0. The van der Waals surface area contributed by atoms with E-state index in [-0.39, 0.29) is 22.1 Å². The Balaban J connectivity index is 2.21. The third-order valence-electron chi connectivity index (χ3n) is 4.61. The minimum absolute atomic E-state index is 0.0252. The number of aryl methyl sites for hydroxylation is 1. The van der Waals surface area contributed by atoms with Crippen molar-refractivity contribution in [2.45, 2.75) is 38.3 Å². The molecule has 0 saturated heterocycles. The second-order valence-electron chi connectivity index (χ2n) is 6.57. The summed E-state index contributed by atoms with van der Waals surface area (Å²) in [6, 6.07) is 7.25. The molecule has 0 bridgehead atoms. The van der Waals surface area contributed by atoms with E-state index in [0.29, 0.717) is 18.5 Å². The third-order valence-corrected chi connectivity index (χ3v) is 4.61. The highest BCUT2D eigenvalue weighted by atomic mass is 19.4. The molecule has 0 amide bonds. The second kappa shape index (κ2) is 7.16. The number of halogens is 6. The van der Waals surface area contributed by atoms with Crippen molar-refractivity contribution in [2.24, 2.45) is 5.73 Å². The molecular weight excluding hydrogens is 382 g/mol. The van der Waals surface area contributed by atoms with Crippen LogP contribution in [0.3, 0.4) is 0 Å². The van der Waals surface area contributed by atoms with E-state index in [1.54, 1.807) is 4.57 Å². The van der Waals surface area contributed by atoms with Gasteiger partial charge in [-0.25, -0.2) is 0 Å². The van der Waals surface area contributed by atoms with Crippen molar-refractivity contribution < 1.29 is 26.3 Å². The fourth-order valence-corrected chi connectivity index (χ4v) is 3.32. The molecule has 0 radical (unpaired) electrons. The van der Waals surface area contributed by atoms with Crippen LogP contribution in [0.25, 0.3) is 22.0 Å². The molecule has 3 rings (SSSR count). The van der Waals surface area contributed by atoms with Gasteiger partial charge >= 0.3 is 12.4 Å². The molecule has 0 spiro atoms. The SMILES string of the molecule is CCCn1cc([C@H](N)C(F)(F)F)c2ccc(-c3ccccc3C(F)(F)F)cc21. The van der Waals surface area contributed by atoms with Gasteiger partial charge in [-0.3, -0.25) is 0 Å². The number of nitrogens with zero attached hydrogens (tertiary/aromatic N) is 1. The van der Waals surface area contributed by atoms with Gasteiger partial charge in [0.2, 0.25) is 0 Å². The Kier molecular flexibility index (Phi) is 5.18. The molecule has 150 valence electrons. The zero-order chi connectivity index (χ0) is 20.7. The molecular formula is C20H18F6N2. The maximum absolute atomic E-state index is 13.3. The molecule has 2 nitrogen and oxygen atoms in total. The maximum Gasteiger partial charge on any atom is 0.417 e. The molecule has 28 heavy (non-hydrogen) atoms. The Morgan fingerprint density at radius 3 is 2.29 bits per heavy atom. The number of nitrogens with two attached hydrogens (primary N) is 1. The molecule has 2 N–H and O–H groups in total. The lowest BCUT2D eigenvalue weighted by molar-refractivity contribution is -0.148. The minimum atomic E-state index is -4.62. The average Bonchev–Trinajstić information content (AvgIpc) is 2.97. The lowest BCUT2D eigenvalue weighted by atomic mass is 9.97. The monoisotopic (exact) mass is 400 g/mol. The van der Waals surface area contributed by atoms with Crippen LogP contribution in [0.15, 0.2) is 48.7 Å². The number of hydrogen-bond donors (Lipinski definition) is 1. The van der Waals surface area contributed by atoms with Crippen LogP contribution in [0.4, 0.5) is 26.3 Å². The maximum atomic E-state index is 13.3. The van der Waals surface area contributed by atoms with Gasteiger partial charge in [-0.05, 0) is 29.7 Å². The van der Waals surface area contributed by atoms with Crippen LogP contribution in [-0.2, 0) is 12.7 Å². The summed E-state index contributed by atoms with van der Waals surface area (Å²) in [7, 11) is 0. The van der Waals surface area contributed by atoms with Gasteiger partial charge in [-0.1, -0.05) is 37.3 Å². The zero-order valence-electron chi connectivity index (χ0n) is 14.9. The van der Waals surface area contributed by atoms with Gasteiger partial charge in [0.1, 0.15) is 6.04 Å². The number of aromatic nitrogens is 1. The van der Waals surface area contributed by atoms with Crippen LogP contribution in [0.5, 0.6) is 0 Å². The van der Waals surface area contributed by atoms with E-state index in [1.807, 2.05) is 6.92 Å². The van der Waals surface area contributed by atoms with E-state index < -0.39 is 24.0 Å². The van der Waals surface area contributed by atoms with Crippen LogP contribution >= 0.6 is 0 Å². The van der Waals surface area contributed by atoms with Crippen molar-refractivity contribution in [3.63, 3.8) is 0 Å². The first-order valence-electron chi connectivity index (χ1n) is 8.65. The molecule has 3 aromatic rings. The van der Waals surface area contributed by atoms with Gasteiger partial charge in [0.05, 0.1) is 5.56 Å². The van der Waals surface area contributed by atoms with E-state index in [2.05, 4.69) is 0 Å². The predicted octanol–water partition coefficient (Wildman–Crippen LogP) is 6.30. The van der Waals surface area contributed by atoms with E-state index in [0.717, 1.165) is 6.07 Å². The molecule has 0 fully saturated rings. The first kappa shape index (κ1) is 20.3. The summed E-state index contributed by atoms with van der Waals surface area (Å²) in [5, 5.41) is 0.284. The molecule has 2 aromatic carbocycles. The summed E-state index contributed by atoms with van der Waals surface area (Å²) in [5.74, 6) is 0. The van der Waals surface area contributed by atoms with Gasteiger partial charge in [-0.15, -0.1) is 0 Å². The van der Waals surface area contributed by atoms with Crippen molar-refractivity contribution in [1.82, 2.24) is 4.57 Å². The fraction of sp³-hybridized carbons (Fsp3) is 0.300. The average molecular weight is 400 g/mol. The van der Waals surface area contributed by atoms with Crippen molar-refractivity contribution in [2.75, 3.05) is 0 Å². The molecule has 8 heteroatoms. The van der Waals surface area contributed by atoms with Crippen molar-refractivity contribution in [1.29, 1.82) is 0 Å². The molecule has 0 aliphatic rings. The van der Waals surface area contributed by atoms with E-state index in [1.165, 1.54) is 42.6 Å². The van der Waals surface area contributed by atoms with E-state index in [9.17, 15) is 26.3 Å². The van der Waals surface area contributed by atoms with Gasteiger partial charge in [0, 0.05) is 29.2 Å². The lowest BCUT2D eigenvalue weighted by Crippen LogP contribution is -2.28. The first-order chi connectivity index (χ1) is 13.0. The molecule has 1 aromatic heterocycles. The lowest BCUT2D eigenvalue weighted by Gasteiger charge is -2.15. The number of alkyl halides is 6. The van der Waals surface area contributed by atoms with E-state index >= 15 is 0 Å². The Morgan fingerprint density at radius 2 is 1.68 bits per heavy atom. The highest BCUT2D eigenvalue weighted by Crippen LogP contribution is 2.40. The quantitative estimate of drug-likeness (QED) is 0.512.